The quantitative estimate of drug-likeness (QED) is 0.223. The number of hydrogen-bond acceptors (Lipinski definition) is 7. The summed E-state index contributed by atoms with van der Waals surface area (Å²) in [5, 5.41) is 5.19. The van der Waals surface area contributed by atoms with Gasteiger partial charge in [0, 0.05) is 18.7 Å². The molecular formula is C20H32N4O8S. The summed E-state index contributed by atoms with van der Waals surface area (Å²) in [4.78, 5) is 61.5. The van der Waals surface area contributed by atoms with Crippen LogP contribution in [0.15, 0.2) is 12.2 Å². The van der Waals surface area contributed by atoms with Crippen LogP contribution in [0.2, 0.25) is 0 Å². The first-order chi connectivity index (χ1) is 14.9. The molecule has 4 N–H and O–H groups in total. The van der Waals surface area contributed by atoms with E-state index in [4.69, 9.17) is 0 Å². The smallest absolute Gasteiger partial charge is 0.278 e. The van der Waals surface area contributed by atoms with E-state index in [1.165, 1.54) is 6.92 Å². The minimum Gasteiger partial charge on any atom is -0.354 e. The Balaban J connectivity index is 2.92. The largest absolute Gasteiger partial charge is 0.354 e. The number of nitrogens with one attached hydrogen (secondary N) is 3. The van der Waals surface area contributed by atoms with Crippen LogP contribution in [-0.4, -0.2) is 77.8 Å². The molecule has 186 valence electrons. The summed E-state index contributed by atoms with van der Waals surface area (Å²) in [7, 11) is -5.04. The molecule has 1 rings (SSSR count). The summed E-state index contributed by atoms with van der Waals surface area (Å²) < 4.78 is 33.1. The van der Waals surface area contributed by atoms with Gasteiger partial charge in [0.2, 0.25) is 17.7 Å². The Morgan fingerprint density at radius 1 is 0.970 bits per heavy atom. The van der Waals surface area contributed by atoms with E-state index in [2.05, 4.69) is 16.0 Å². The van der Waals surface area contributed by atoms with Gasteiger partial charge in [-0.05, 0) is 18.3 Å². The van der Waals surface area contributed by atoms with Gasteiger partial charge in [0.1, 0.15) is 12.1 Å². The van der Waals surface area contributed by atoms with Crippen LogP contribution < -0.4 is 16.0 Å². The van der Waals surface area contributed by atoms with Crippen molar-refractivity contribution in [2.24, 2.45) is 11.3 Å². The van der Waals surface area contributed by atoms with Gasteiger partial charge in [0.05, 0.1) is 6.54 Å². The van der Waals surface area contributed by atoms with Gasteiger partial charge in [-0.15, -0.1) is 0 Å². The molecule has 0 radical (unpaired) electrons. The first-order valence-electron chi connectivity index (χ1n) is 10.3. The first kappa shape index (κ1) is 28.2. The van der Waals surface area contributed by atoms with Gasteiger partial charge in [0.25, 0.3) is 21.9 Å². The minimum absolute atomic E-state index is 0.174. The molecule has 1 aliphatic rings. The number of nitrogens with zero attached hydrogens (tertiary/aromatic N) is 1. The standard InChI is InChI=1S/C20H32N4O8S/c1-11(2)16(19(29)22-12(3)17(27)21-10-20(4,5)6)23-18(28)13(33(30,31)32)9-24-14(25)7-8-15(24)26/h7-8,11-13,16H,9-10H2,1-6H3,(H,21,27)(H,22,29)(H,23,28)(H,30,31,32)/t12-,13?,16-/m0/s1. The van der Waals surface area contributed by atoms with Crippen molar-refractivity contribution in [3.63, 3.8) is 0 Å². The van der Waals surface area contributed by atoms with Gasteiger partial charge >= 0.3 is 0 Å². The van der Waals surface area contributed by atoms with Gasteiger partial charge in [-0.25, -0.2) is 0 Å². The molecule has 0 aromatic heterocycles. The van der Waals surface area contributed by atoms with Gasteiger partial charge in [-0.2, -0.15) is 8.42 Å². The number of rotatable bonds is 10. The van der Waals surface area contributed by atoms with Crippen LogP contribution in [0, 0.1) is 11.3 Å². The third kappa shape index (κ3) is 8.57. The topological polar surface area (TPSA) is 179 Å². The van der Waals surface area contributed by atoms with Crippen LogP contribution in [0.3, 0.4) is 0 Å². The fourth-order valence-electron chi connectivity index (χ4n) is 2.74. The van der Waals surface area contributed by atoms with Crippen LogP contribution in [-0.2, 0) is 34.1 Å². The molecule has 13 heteroatoms. The fraction of sp³-hybridized carbons (Fsp3) is 0.650. The molecule has 1 aliphatic heterocycles. The predicted octanol–water partition coefficient (Wildman–Crippen LogP) is -1.02. The van der Waals surface area contributed by atoms with Crippen molar-refractivity contribution in [3.05, 3.63) is 12.2 Å². The highest BCUT2D eigenvalue weighted by atomic mass is 32.2. The molecule has 1 unspecified atom stereocenters. The molecule has 33 heavy (non-hydrogen) atoms. The molecule has 0 aliphatic carbocycles. The average molecular weight is 489 g/mol. The van der Waals surface area contributed by atoms with Crippen molar-refractivity contribution in [2.45, 2.75) is 58.9 Å². The van der Waals surface area contributed by atoms with Crippen molar-refractivity contribution in [3.8, 4) is 0 Å². The highest BCUT2D eigenvalue weighted by molar-refractivity contribution is 7.87. The Morgan fingerprint density at radius 3 is 1.91 bits per heavy atom. The molecule has 0 saturated carbocycles. The number of amides is 5. The number of hydrogen-bond donors (Lipinski definition) is 4. The van der Waals surface area contributed by atoms with E-state index < -0.39 is 69.5 Å². The van der Waals surface area contributed by atoms with E-state index in [0.717, 1.165) is 12.2 Å². The second-order valence-corrected chi connectivity index (χ2v) is 11.0. The molecule has 5 amide bonds. The van der Waals surface area contributed by atoms with Gasteiger partial charge in [-0.1, -0.05) is 34.6 Å². The van der Waals surface area contributed by atoms with Crippen LogP contribution in [0.5, 0.6) is 0 Å². The molecule has 0 bridgehead atoms. The summed E-state index contributed by atoms with van der Waals surface area (Å²) in [6.07, 6.45) is 1.80. The Hall–Kier alpha value is -2.80. The summed E-state index contributed by atoms with van der Waals surface area (Å²) in [6.45, 7) is 9.82. The van der Waals surface area contributed by atoms with E-state index in [9.17, 15) is 36.9 Å². The van der Waals surface area contributed by atoms with Crippen molar-refractivity contribution >= 4 is 39.7 Å². The molecule has 1 heterocycles. The zero-order valence-electron chi connectivity index (χ0n) is 19.5. The molecule has 0 aromatic rings. The maximum atomic E-state index is 12.7. The van der Waals surface area contributed by atoms with Crippen molar-refractivity contribution < 1.29 is 36.9 Å². The molecule has 3 atom stereocenters. The third-order valence-electron chi connectivity index (χ3n) is 4.69. The Morgan fingerprint density at radius 2 is 1.48 bits per heavy atom. The van der Waals surface area contributed by atoms with Gasteiger partial charge in [0.15, 0.2) is 5.25 Å². The number of carbonyl (C=O) groups is 5. The minimum atomic E-state index is -5.04. The predicted molar refractivity (Wildman–Crippen MR) is 118 cm³/mol. The first-order valence-corrected chi connectivity index (χ1v) is 11.8. The lowest BCUT2D eigenvalue weighted by Crippen LogP contribution is -2.58. The van der Waals surface area contributed by atoms with E-state index in [-0.39, 0.29) is 5.41 Å². The fourth-order valence-corrected chi connectivity index (χ4v) is 3.42. The van der Waals surface area contributed by atoms with Crippen LogP contribution in [0.1, 0.15) is 41.5 Å². The molecular weight excluding hydrogens is 456 g/mol. The molecule has 0 spiro atoms. The van der Waals surface area contributed by atoms with Crippen LogP contribution in [0.25, 0.3) is 0 Å². The van der Waals surface area contributed by atoms with Crippen molar-refractivity contribution in [1.82, 2.24) is 20.9 Å². The third-order valence-corrected chi connectivity index (χ3v) is 5.78. The maximum Gasteiger partial charge on any atom is 0.278 e. The zero-order chi connectivity index (χ0) is 25.7. The Labute approximate surface area is 193 Å². The highest BCUT2D eigenvalue weighted by Crippen LogP contribution is 2.12. The van der Waals surface area contributed by atoms with Gasteiger partial charge < -0.3 is 16.0 Å². The normalized spacial score (nSPS) is 17.0. The average Bonchev–Trinajstić information content (AvgIpc) is 2.97. The van der Waals surface area contributed by atoms with E-state index >= 15 is 0 Å². The van der Waals surface area contributed by atoms with Gasteiger partial charge in [-0.3, -0.25) is 33.4 Å². The second kappa shape index (κ2) is 10.9. The summed E-state index contributed by atoms with van der Waals surface area (Å²) >= 11 is 0. The molecule has 0 fully saturated rings. The zero-order valence-corrected chi connectivity index (χ0v) is 20.4. The number of imide groups is 1. The lowest BCUT2D eigenvalue weighted by Gasteiger charge is -2.27. The molecule has 0 saturated heterocycles. The van der Waals surface area contributed by atoms with E-state index in [1.54, 1.807) is 13.8 Å². The van der Waals surface area contributed by atoms with Crippen LogP contribution in [0.4, 0.5) is 0 Å². The summed E-state index contributed by atoms with van der Waals surface area (Å²) in [5.74, 6) is -4.67. The summed E-state index contributed by atoms with van der Waals surface area (Å²) in [5.41, 5.74) is -0.174. The Bertz CT molecular complexity index is 918. The molecule has 12 nitrogen and oxygen atoms in total. The van der Waals surface area contributed by atoms with Crippen molar-refractivity contribution in [1.29, 1.82) is 0 Å². The monoisotopic (exact) mass is 488 g/mol. The van der Waals surface area contributed by atoms with E-state index in [1.807, 2.05) is 20.8 Å². The highest BCUT2D eigenvalue weighted by Gasteiger charge is 2.39. The number of carbonyl (C=O) groups excluding carboxylic acids is 5. The van der Waals surface area contributed by atoms with Crippen molar-refractivity contribution in [2.75, 3.05) is 13.1 Å². The van der Waals surface area contributed by atoms with Crippen LogP contribution >= 0.6 is 0 Å². The summed E-state index contributed by atoms with van der Waals surface area (Å²) in [6, 6.07) is -2.20. The second-order valence-electron chi connectivity index (χ2n) is 9.36. The lowest BCUT2D eigenvalue weighted by molar-refractivity contribution is -0.137. The lowest BCUT2D eigenvalue weighted by atomic mass is 9.97. The SMILES string of the molecule is CC(C)[C@H](NC(=O)C(CN1C(=O)C=CC1=O)S(=O)(=O)O)C(=O)N[C@@H](C)C(=O)NCC(C)(C)C. The maximum absolute atomic E-state index is 12.7. The molecule has 0 aromatic carbocycles. The van der Waals surface area contributed by atoms with E-state index in [0.29, 0.717) is 11.4 Å². The Kier molecular flexibility index (Phi) is 9.31.